The lowest BCUT2D eigenvalue weighted by Gasteiger charge is -1.96. The topological polar surface area (TPSA) is 0 Å². The average molecular weight is 116 g/mol. The van der Waals surface area contributed by atoms with Crippen molar-refractivity contribution >= 4 is 12.6 Å². The van der Waals surface area contributed by atoms with Crippen molar-refractivity contribution in [1.29, 1.82) is 0 Å². The summed E-state index contributed by atoms with van der Waals surface area (Å²) in [4.78, 5) is 0. The molecule has 0 nitrogen and oxygen atoms in total. The van der Waals surface area contributed by atoms with E-state index in [0.717, 1.165) is 0 Å². The van der Waals surface area contributed by atoms with Crippen LogP contribution in [-0.4, -0.2) is 5.25 Å². The summed E-state index contributed by atoms with van der Waals surface area (Å²) >= 11 is 4.89. The summed E-state index contributed by atoms with van der Waals surface area (Å²) in [6, 6.07) is 0. The molecule has 0 aromatic carbocycles. The summed E-state index contributed by atoms with van der Waals surface area (Å²) in [7, 11) is 0. The SMILES string of the molecule is CCC[CH]C(C)[S]. The molecular weight excluding hydrogens is 104 g/mol. The minimum atomic E-state index is 0.361. The third-order valence-electron chi connectivity index (χ3n) is 0.787. The maximum atomic E-state index is 4.89. The van der Waals surface area contributed by atoms with Gasteiger partial charge in [-0.2, -0.15) is 0 Å². The third-order valence-corrected chi connectivity index (χ3v) is 0.980. The molecule has 0 saturated heterocycles. The average Bonchev–Trinajstić information content (AvgIpc) is 1.61. The Morgan fingerprint density at radius 3 is 2.43 bits per heavy atom. The molecule has 0 amide bonds. The molecule has 1 atom stereocenters. The summed E-state index contributed by atoms with van der Waals surface area (Å²) in [5.74, 6) is 0. The molecule has 0 bridgehead atoms. The van der Waals surface area contributed by atoms with E-state index in [1.807, 2.05) is 6.92 Å². The smallest absolute Gasteiger partial charge is 0.0154 e. The van der Waals surface area contributed by atoms with Crippen LogP contribution in [0.2, 0.25) is 0 Å². The van der Waals surface area contributed by atoms with Gasteiger partial charge < -0.3 is 0 Å². The van der Waals surface area contributed by atoms with E-state index >= 15 is 0 Å². The molecule has 0 heterocycles. The fraction of sp³-hybridized carbons (Fsp3) is 0.833. The van der Waals surface area contributed by atoms with Crippen LogP contribution in [0.1, 0.15) is 26.7 Å². The van der Waals surface area contributed by atoms with Gasteiger partial charge >= 0.3 is 0 Å². The number of rotatable bonds is 3. The maximum Gasteiger partial charge on any atom is 0.0154 e. The van der Waals surface area contributed by atoms with Crippen molar-refractivity contribution in [2.24, 2.45) is 0 Å². The largest absolute Gasteiger partial charge is 0.0904 e. The molecule has 0 aliphatic carbocycles. The van der Waals surface area contributed by atoms with E-state index in [-0.39, 0.29) is 0 Å². The van der Waals surface area contributed by atoms with Gasteiger partial charge in [0.1, 0.15) is 0 Å². The zero-order valence-electron chi connectivity index (χ0n) is 4.98. The van der Waals surface area contributed by atoms with E-state index in [9.17, 15) is 0 Å². The maximum absolute atomic E-state index is 4.89. The molecule has 0 N–H and O–H groups in total. The van der Waals surface area contributed by atoms with Crippen LogP contribution in [0.4, 0.5) is 0 Å². The third kappa shape index (κ3) is 6.35. The fourth-order valence-corrected chi connectivity index (χ4v) is 0.537. The molecular formula is C6H12S. The Bertz CT molecular complexity index is 33.2. The molecule has 7 heavy (non-hydrogen) atoms. The van der Waals surface area contributed by atoms with Crippen LogP contribution in [0.5, 0.6) is 0 Å². The summed E-state index contributed by atoms with van der Waals surface area (Å²) in [5, 5.41) is 0.361. The molecule has 0 aromatic rings. The number of hydrogen-bond donors (Lipinski definition) is 0. The van der Waals surface area contributed by atoms with Gasteiger partial charge in [0.15, 0.2) is 0 Å². The van der Waals surface area contributed by atoms with Crippen LogP contribution in [0.3, 0.4) is 0 Å². The molecule has 1 unspecified atom stereocenters. The van der Waals surface area contributed by atoms with E-state index in [0.29, 0.717) is 5.25 Å². The normalized spacial score (nSPS) is 14.1. The van der Waals surface area contributed by atoms with Crippen molar-refractivity contribution in [3.8, 4) is 0 Å². The second-order valence-corrected chi connectivity index (χ2v) is 2.47. The zero-order valence-corrected chi connectivity index (χ0v) is 5.79. The summed E-state index contributed by atoms with van der Waals surface area (Å²) in [5.41, 5.74) is 0. The Hall–Kier alpha value is 0.350. The van der Waals surface area contributed by atoms with E-state index in [1.54, 1.807) is 0 Å². The number of hydrogen-bond acceptors (Lipinski definition) is 0. The first-order chi connectivity index (χ1) is 3.27. The van der Waals surface area contributed by atoms with Crippen LogP contribution >= 0.6 is 12.6 Å². The predicted octanol–water partition coefficient (Wildman–Crippen LogP) is 2.58. The van der Waals surface area contributed by atoms with Gasteiger partial charge in [-0.15, -0.1) is 0 Å². The zero-order chi connectivity index (χ0) is 5.70. The Morgan fingerprint density at radius 1 is 1.71 bits per heavy atom. The quantitative estimate of drug-likeness (QED) is 0.531. The first-order valence-electron chi connectivity index (χ1n) is 2.76. The molecule has 0 saturated carbocycles. The van der Waals surface area contributed by atoms with Crippen LogP contribution in [0, 0.1) is 6.42 Å². The van der Waals surface area contributed by atoms with Gasteiger partial charge in [0, 0.05) is 5.25 Å². The monoisotopic (exact) mass is 116 g/mol. The van der Waals surface area contributed by atoms with Gasteiger partial charge in [0.25, 0.3) is 0 Å². The Labute approximate surface area is 51.7 Å². The second-order valence-electron chi connectivity index (χ2n) is 1.73. The highest BCUT2D eigenvalue weighted by molar-refractivity contribution is 7.81. The lowest BCUT2D eigenvalue weighted by molar-refractivity contribution is 0.862. The second kappa shape index (κ2) is 4.51. The van der Waals surface area contributed by atoms with Crippen molar-refractivity contribution < 1.29 is 0 Å². The fourth-order valence-electron chi connectivity index (χ4n) is 0.401. The van der Waals surface area contributed by atoms with Crippen LogP contribution in [0.25, 0.3) is 0 Å². The minimum Gasteiger partial charge on any atom is -0.0904 e. The summed E-state index contributed by atoms with van der Waals surface area (Å²) in [6.45, 7) is 4.19. The standard InChI is InChI=1S/C6H12S/c1-3-4-5-6(2)7/h5-6H,3-4H2,1-2H3. The molecule has 0 aliphatic heterocycles. The van der Waals surface area contributed by atoms with Gasteiger partial charge in [-0.3, -0.25) is 0 Å². The molecule has 42 valence electrons. The van der Waals surface area contributed by atoms with Gasteiger partial charge in [-0.05, 0) is 12.8 Å². The first-order valence-corrected chi connectivity index (χ1v) is 3.23. The van der Waals surface area contributed by atoms with Crippen molar-refractivity contribution in [2.45, 2.75) is 31.9 Å². The van der Waals surface area contributed by atoms with Gasteiger partial charge in [-0.25, -0.2) is 0 Å². The van der Waals surface area contributed by atoms with Crippen molar-refractivity contribution in [2.75, 3.05) is 0 Å². The van der Waals surface area contributed by atoms with Gasteiger partial charge in [0.2, 0.25) is 0 Å². The van der Waals surface area contributed by atoms with Crippen molar-refractivity contribution in [1.82, 2.24) is 0 Å². The molecule has 0 aliphatic rings. The predicted molar refractivity (Wildman–Crippen MR) is 36.3 cm³/mol. The van der Waals surface area contributed by atoms with Crippen LogP contribution in [-0.2, 0) is 0 Å². The Balaban J connectivity index is 2.68. The summed E-state index contributed by atoms with van der Waals surface area (Å²) < 4.78 is 0. The van der Waals surface area contributed by atoms with E-state index in [4.69, 9.17) is 12.6 Å². The highest BCUT2D eigenvalue weighted by atomic mass is 32.1. The van der Waals surface area contributed by atoms with E-state index in [2.05, 4.69) is 13.3 Å². The van der Waals surface area contributed by atoms with Crippen molar-refractivity contribution in [3.05, 3.63) is 6.42 Å². The lowest BCUT2D eigenvalue weighted by atomic mass is 10.2. The van der Waals surface area contributed by atoms with Crippen LogP contribution in [0.15, 0.2) is 0 Å². The lowest BCUT2D eigenvalue weighted by Crippen LogP contribution is -1.89. The molecule has 0 spiro atoms. The van der Waals surface area contributed by atoms with E-state index < -0.39 is 0 Å². The van der Waals surface area contributed by atoms with Crippen LogP contribution < -0.4 is 0 Å². The van der Waals surface area contributed by atoms with E-state index in [1.165, 1.54) is 12.8 Å². The molecule has 2 radical (unpaired) electrons. The Morgan fingerprint density at radius 2 is 2.29 bits per heavy atom. The van der Waals surface area contributed by atoms with Gasteiger partial charge in [0.05, 0.1) is 0 Å². The molecule has 0 fully saturated rings. The molecule has 0 aromatic heterocycles. The summed E-state index contributed by atoms with van der Waals surface area (Å²) in [6.07, 6.45) is 4.56. The number of unbranched alkanes of at least 4 members (excludes halogenated alkanes) is 1. The first kappa shape index (κ1) is 7.35. The minimum absolute atomic E-state index is 0.361. The molecule has 1 heteroatoms. The molecule has 0 rings (SSSR count). The van der Waals surface area contributed by atoms with Crippen molar-refractivity contribution in [3.63, 3.8) is 0 Å². The Kier molecular flexibility index (Phi) is 4.73. The highest BCUT2D eigenvalue weighted by Gasteiger charge is 1.91. The van der Waals surface area contributed by atoms with Gasteiger partial charge in [-0.1, -0.05) is 32.9 Å². The highest BCUT2D eigenvalue weighted by Crippen LogP contribution is 2.02.